The third-order valence-electron chi connectivity index (χ3n) is 17.2. The second kappa shape index (κ2) is 26.6. The summed E-state index contributed by atoms with van der Waals surface area (Å²) in [7, 11) is 0. The molecular weight excluding hydrogens is 1130 g/mol. The van der Waals surface area contributed by atoms with Crippen molar-refractivity contribution in [3.8, 4) is 6.07 Å². The number of thiocarbonyl (C=S) groups is 1. The molecule has 4 heterocycles. The Balaban J connectivity index is 0.981. The molecule has 0 bridgehead atoms. The standard InChI is InChI=1S/C71H76N6O8S2/c1-9-85-65(83)38-42-75-57-31-29-50-21-13-14-22-52(50)66(57)70(6,7)59(75)26-18-17-25-58-67(84)77(68(86)87-58)46-62(78)76(45-49-19-11-10-12-20-49)51-30-32-56-54(43-51)69(4,5)60(73(56)40-36-63(79)80)33-27-48(44-72)28-34-61-71(8,39-35-47(2)3)53-23-15-16-24-55(53)74(61)41-37-64(81)82/h10-34,43,47,60H,9,35-42,45-46H2,1-8H3,(H,79,80)(H,81,82). The molecule has 4 aliphatic rings. The fourth-order valence-electron chi connectivity index (χ4n) is 12.7. The van der Waals surface area contributed by atoms with Crippen molar-refractivity contribution >= 4 is 91.5 Å². The Morgan fingerprint density at radius 2 is 1.44 bits per heavy atom. The molecule has 0 spiro atoms. The average Bonchev–Trinajstić information content (AvgIpc) is 1.66. The van der Waals surface area contributed by atoms with Gasteiger partial charge in [-0.05, 0) is 126 Å². The van der Waals surface area contributed by atoms with Gasteiger partial charge in [-0.2, -0.15) is 5.26 Å². The smallest absolute Gasteiger partial charge is 0.307 e. The summed E-state index contributed by atoms with van der Waals surface area (Å²) in [4.78, 5) is 75.6. The maximum atomic E-state index is 14.9. The lowest BCUT2D eigenvalue weighted by Crippen LogP contribution is -2.42. The fraction of sp³-hybridized carbons (Fsp3) is 0.338. The van der Waals surface area contributed by atoms with Gasteiger partial charge in [0.1, 0.15) is 10.9 Å². The van der Waals surface area contributed by atoms with Gasteiger partial charge in [0.15, 0.2) is 0 Å². The number of carboxylic acid groups (broad SMARTS) is 2. The molecule has 1 fully saturated rings. The number of benzene rings is 5. The molecule has 0 aromatic heterocycles. The van der Waals surface area contributed by atoms with E-state index in [2.05, 4.69) is 94.7 Å². The number of rotatable bonds is 23. The molecule has 87 heavy (non-hydrogen) atoms. The summed E-state index contributed by atoms with van der Waals surface area (Å²) in [6.07, 6.45) is 16.6. The zero-order chi connectivity index (χ0) is 62.4. The number of carbonyl (C=O) groups excluding carboxylic acids is 3. The number of para-hydroxylation sites is 1. The Bertz CT molecular complexity index is 3760. The number of hydrogen-bond acceptors (Lipinski definition) is 12. The number of nitriles is 1. The molecule has 1 saturated heterocycles. The predicted molar refractivity (Wildman–Crippen MR) is 352 cm³/mol. The Hall–Kier alpha value is -8.52. The van der Waals surface area contributed by atoms with Crippen LogP contribution in [0.3, 0.4) is 0 Å². The van der Waals surface area contributed by atoms with E-state index in [0.717, 1.165) is 80.5 Å². The summed E-state index contributed by atoms with van der Waals surface area (Å²) < 4.78 is 5.55. The summed E-state index contributed by atoms with van der Waals surface area (Å²) in [5.41, 5.74) is 8.05. The van der Waals surface area contributed by atoms with Crippen molar-refractivity contribution in [3.63, 3.8) is 0 Å². The lowest BCUT2D eigenvalue weighted by molar-refractivity contribution is -0.143. The first kappa shape index (κ1) is 63.0. The van der Waals surface area contributed by atoms with Gasteiger partial charge in [0, 0.05) is 70.0 Å². The molecule has 5 aromatic carbocycles. The summed E-state index contributed by atoms with van der Waals surface area (Å²) in [5, 5.41) is 32.7. The number of fused-ring (bicyclic) bond motifs is 5. The molecule has 4 aliphatic heterocycles. The van der Waals surface area contributed by atoms with Crippen molar-refractivity contribution in [2.24, 2.45) is 5.92 Å². The summed E-state index contributed by atoms with van der Waals surface area (Å²) in [6.45, 7) is 17.9. The van der Waals surface area contributed by atoms with Gasteiger partial charge in [-0.25, -0.2) is 0 Å². The van der Waals surface area contributed by atoms with Gasteiger partial charge in [0.05, 0.1) is 55.0 Å². The van der Waals surface area contributed by atoms with Gasteiger partial charge >= 0.3 is 17.9 Å². The van der Waals surface area contributed by atoms with Crippen LogP contribution in [0, 0.1) is 17.2 Å². The van der Waals surface area contributed by atoms with Crippen molar-refractivity contribution in [1.29, 1.82) is 5.26 Å². The number of carboxylic acids is 2. The second-order valence-electron chi connectivity index (χ2n) is 24.1. The van der Waals surface area contributed by atoms with E-state index in [1.54, 1.807) is 36.1 Å². The SMILES string of the molecule is CCOC(=O)CCN1C(=CC=CC=C2SC(=S)N(CC(=O)N(Cc3ccccc3)c3ccc4c(c3)C(C)(C)C(C=CC(C#N)=CC=C3N(CCC(=O)O)c5ccccc5C3(C)CCC(C)C)N4CCC(=O)O)C2=O)C(C)(C)c2c1ccc1ccccc21. The molecule has 16 heteroatoms. The first-order valence-electron chi connectivity index (χ1n) is 29.7. The number of hydrogen-bond donors (Lipinski definition) is 2. The van der Waals surface area contributed by atoms with Crippen LogP contribution in [0.25, 0.3) is 10.8 Å². The van der Waals surface area contributed by atoms with Crippen molar-refractivity contribution in [1.82, 2.24) is 4.90 Å². The van der Waals surface area contributed by atoms with Crippen LogP contribution < -0.4 is 19.6 Å². The van der Waals surface area contributed by atoms with E-state index >= 15 is 0 Å². The van der Waals surface area contributed by atoms with Crippen molar-refractivity contribution in [2.75, 3.05) is 52.4 Å². The molecule has 0 radical (unpaired) electrons. The van der Waals surface area contributed by atoms with Gasteiger partial charge in [-0.15, -0.1) is 0 Å². The third kappa shape index (κ3) is 13.3. The zero-order valence-electron chi connectivity index (χ0n) is 50.8. The van der Waals surface area contributed by atoms with Crippen LogP contribution in [0.15, 0.2) is 180 Å². The Morgan fingerprint density at radius 1 is 0.770 bits per heavy atom. The molecule has 9 rings (SSSR count). The van der Waals surface area contributed by atoms with E-state index in [9.17, 15) is 39.4 Å². The number of aliphatic carboxylic acids is 2. The highest BCUT2D eigenvalue weighted by Crippen LogP contribution is 2.53. The van der Waals surface area contributed by atoms with Gasteiger partial charge < -0.3 is 34.5 Å². The monoisotopic (exact) mass is 1200 g/mol. The molecule has 2 atom stereocenters. The van der Waals surface area contributed by atoms with Gasteiger partial charge in [-0.3, -0.25) is 28.9 Å². The summed E-state index contributed by atoms with van der Waals surface area (Å²) in [5.74, 6) is -2.46. The molecule has 14 nitrogen and oxygen atoms in total. The first-order valence-corrected chi connectivity index (χ1v) is 31.0. The van der Waals surface area contributed by atoms with Crippen molar-refractivity contribution < 1.29 is 38.9 Å². The number of nitrogens with zero attached hydrogens (tertiary/aromatic N) is 6. The van der Waals surface area contributed by atoms with E-state index in [1.807, 2.05) is 108 Å². The minimum atomic E-state index is -0.960. The number of anilines is 4. The Morgan fingerprint density at radius 3 is 2.16 bits per heavy atom. The van der Waals surface area contributed by atoms with Gasteiger partial charge in [-0.1, -0.05) is 163 Å². The molecule has 2 N–H and O–H groups in total. The Kier molecular flexibility index (Phi) is 19.3. The zero-order valence-corrected chi connectivity index (χ0v) is 52.4. The molecule has 2 unspecified atom stereocenters. The normalized spacial score (nSPS) is 20.0. The quantitative estimate of drug-likeness (QED) is 0.0208. The second-order valence-corrected chi connectivity index (χ2v) is 25.8. The van der Waals surface area contributed by atoms with Crippen LogP contribution in [0.4, 0.5) is 22.7 Å². The summed E-state index contributed by atoms with van der Waals surface area (Å²) in [6, 6.07) is 37.8. The number of esters is 1. The molecule has 5 aromatic rings. The van der Waals surface area contributed by atoms with Crippen molar-refractivity contribution in [2.45, 2.75) is 116 Å². The van der Waals surface area contributed by atoms with E-state index < -0.39 is 40.1 Å². The molecular formula is C71H76N6O8S2. The number of ether oxygens (including phenoxy) is 1. The minimum Gasteiger partial charge on any atom is -0.481 e. The van der Waals surface area contributed by atoms with E-state index in [0.29, 0.717) is 35.2 Å². The van der Waals surface area contributed by atoms with E-state index in [1.165, 1.54) is 10.5 Å². The highest BCUT2D eigenvalue weighted by atomic mass is 32.2. The number of amides is 2. The largest absolute Gasteiger partial charge is 0.481 e. The van der Waals surface area contributed by atoms with Gasteiger partial charge in [0.25, 0.3) is 5.91 Å². The van der Waals surface area contributed by atoms with E-state index in [-0.39, 0.29) is 61.6 Å². The predicted octanol–water partition coefficient (Wildman–Crippen LogP) is 13.8. The van der Waals surface area contributed by atoms with Crippen LogP contribution in [-0.4, -0.2) is 88.0 Å². The van der Waals surface area contributed by atoms with Crippen LogP contribution >= 0.6 is 24.0 Å². The molecule has 450 valence electrons. The average molecular weight is 1210 g/mol. The summed E-state index contributed by atoms with van der Waals surface area (Å²) >= 11 is 6.94. The number of thioether (sulfide) groups is 1. The topological polar surface area (TPSA) is 175 Å². The van der Waals surface area contributed by atoms with E-state index in [4.69, 9.17) is 17.0 Å². The maximum Gasteiger partial charge on any atom is 0.307 e. The van der Waals surface area contributed by atoms with Gasteiger partial charge in [0.2, 0.25) is 5.91 Å². The number of carbonyl (C=O) groups is 5. The van der Waals surface area contributed by atoms with Crippen molar-refractivity contribution in [3.05, 3.63) is 202 Å². The minimum absolute atomic E-state index is 0.0660. The highest BCUT2D eigenvalue weighted by Gasteiger charge is 2.46. The van der Waals surface area contributed by atoms with Crippen LogP contribution in [0.2, 0.25) is 0 Å². The third-order valence-corrected chi connectivity index (χ3v) is 18.6. The highest BCUT2D eigenvalue weighted by molar-refractivity contribution is 8.26. The number of allylic oxidation sites excluding steroid dienone is 10. The Labute approximate surface area is 520 Å². The van der Waals surface area contributed by atoms with Crippen LogP contribution in [-0.2, 0) is 51.5 Å². The molecule has 0 saturated carbocycles. The molecule has 2 amide bonds. The first-order chi connectivity index (χ1) is 41.6. The van der Waals surface area contributed by atoms with Crippen LogP contribution in [0.5, 0.6) is 0 Å². The lowest BCUT2D eigenvalue weighted by Gasteiger charge is -2.32. The lowest BCUT2D eigenvalue weighted by atomic mass is 9.76. The van der Waals surface area contributed by atoms with Crippen LogP contribution in [0.1, 0.15) is 110 Å². The fourth-order valence-corrected chi connectivity index (χ4v) is 13.9. The molecule has 0 aliphatic carbocycles. The maximum absolute atomic E-state index is 14.9.